The average Bonchev–Trinajstić information content (AvgIpc) is 2.89. The third-order valence-corrected chi connectivity index (χ3v) is 4.44. The standard InChI is InChI=1S/C15H11FN2O4S/c16-11-6-8-12(9-7-11)18-14(10-22-15(18)19)17-23(20,21)13-4-2-1-3-5-13/h1-10,17H. The molecule has 0 spiro atoms. The van der Waals surface area contributed by atoms with E-state index in [1.54, 1.807) is 18.2 Å². The highest BCUT2D eigenvalue weighted by Crippen LogP contribution is 2.18. The zero-order valence-electron chi connectivity index (χ0n) is 11.6. The molecule has 0 aliphatic rings. The minimum atomic E-state index is -3.88. The normalized spacial score (nSPS) is 11.3. The third-order valence-electron chi connectivity index (χ3n) is 3.07. The quantitative estimate of drug-likeness (QED) is 0.794. The predicted octanol–water partition coefficient (Wildman–Crippen LogP) is 2.37. The molecule has 1 aromatic heterocycles. The molecule has 0 bridgehead atoms. The maximum atomic E-state index is 13.0. The van der Waals surface area contributed by atoms with Crippen LogP contribution in [0.1, 0.15) is 0 Å². The Bertz CT molecular complexity index is 976. The first kappa shape index (κ1) is 15.0. The van der Waals surface area contributed by atoms with Gasteiger partial charge >= 0.3 is 5.76 Å². The SMILES string of the molecule is O=c1occ(NS(=O)(=O)c2ccccc2)n1-c1ccc(F)cc1. The molecule has 2 aromatic carbocycles. The molecule has 0 fully saturated rings. The van der Waals surface area contributed by atoms with Crippen LogP contribution < -0.4 is 10.5 Å². The lowest BCUT2D eigenvalue weighted by atomic mass is 10.3. The van der Waals surface area contributed by atoms with Crippen molar-refractivity contribution in [1.82, 2.24) is 4.57 Å². The van der Waals surface area contributed by atoms with Gasteiger partial charge in [0.15, 0.2) is 5.82 Å². The van der Waals surface area contributed by atoms with Crippen molar-refractivity contribution in [2.24, 2.45) is 0 Å². The number of nitrogens with zero attached hydrogens (tertiary/aromatic N) is 1. The second-order valence-electron chi connectivity index (χ2n) is 4.62. The number of halogens is 1. The van der Waals surface area contributed by atoms with Gasteiger partial charge < -0.3 is 4.42 Å². The summed E-state index contributed by atoms with van der Waals surface area (Å²) in [4.78, 5) is 11.9. The molecule has 6 nitrogen and oxygen atoms in total. The van der Waals surface area contributed by atoms with Crippen molar-refractivity contribution in [3.63, 3.8) is 0 Å². The molecule has 0 aliphatic carbocycles. The van der Waals surface area contributed by atoms with Crippen LogP contribution in [0.15, 0.2) is 75.0 Å². The second kappa shape index (κ2) is 5.73. The largest absolute Gasteiger partial charge is 0.425 e. The van der Waals surface area contributed by atoms with Gasteiger partial charge in [0.2, 0.25) is 0 Å². The van der Waals surface area contributed by atoms with E-state index in [4.69, 9.17) is 4.42 Å². The summed E-state index contributed by atoms with van der Waals surface area (Å²) in [6.45, 7) is 0. The van der Waals surface area contributed by atoms with Gasteiger partial charge in [-0.1, -0.05) is 18.2 Å². The van der Waals surface area contributed by atoms with E-state index in [2.05, 4.69) is 4.72 Å². The van der Waals surface area contributed by atoms with Crippen molar-refractivity contribution in [3.05, 3.63) is 77.2 Å². The van der Waals surface area contributed by atoms with Gasteiger partial charge in [-0.05, 0) is 36.4 Å². The van der Waals surface area contributed by atoms with Crippen LogP contribution in [-0.2, 0) is 10.0 Å². The van der Waals surface area contributed by atoms with E-state index < -0.39 is 21.6 Å². The summed E-state index contributed by atoms with van der Waals surface area (Å²) in [6.07, 6.45) is 0.992. The Morgan fingerprint density at radius 2 is 1.65 bits per heavy atom. The van der Waals surface area contributed by atoms with E-state index >= 15 is 0 Å². The number of nitrogens with one attached hydrogen (secondary N) is 1. The summed E-state index contributed by atoms with van der Waals surface area (Å²) in [5.74, 6) is -1.34. The molecule has 0 unspecified atom stereocenters. The molecule has 1 N–H and O–H groups in total. The van der Waals surface area contributed by atoms with Crippen molar-refractivity contribution in [2.75, 3.05) is 4.72 Å². The summed E-state index contributed by atoms with van der Waals surface area (Å²) in [7, 11) is -3.88. The number of sulfonamides is 1. The number of hydrogen-bond acceptors (Lipinski definition) is 4. The van der Waals surface area contributed by atoms with Crippen LogP contribution in [0.2, 0.25) is 0 Å². The lowest BCUT2D eigenvalue weighted by Crippen LogP contribution is -2.19. The number of rotatable bonds is 4. The van der Waals surface area contributed by atoms with E-state index in [0.717, 1.165) is 23.0 Å². The molecule has 0 radical (unpaired) electrons. The van der Waals surface area contributed by atoms with Crippen molar-refractivity contribution in [1.29, 1.82) is 0 Å². The molecule has 0 saturated heterocycles. The molecular weight excluding hydrogens is 323 g/mol. The third kappa shape index (κ3) is 3.02. The van der Waals surface area contributed by atoms with Gasteiger partial charge in [-0.2, -0.15) is 0 Å². The zero-order chi connectivity index (χ0) is 16.4. The molecule has 3 aromatic rings. The van der Waals surface area contributed by atoms with E-state index in [0.29, 0.717) is 0 Å². The Hall–Kier alpha value is -2.87. The summed E-state index contributed by atoms with van der Waals surface area (Å²) in [5.41, 5.74) is 0.274. The first-order valence-electron chi connectivity index (χ1n) is 6.52. The van der Waals surface area contributed by atoms with E-state index in [9.17, 15) is 17.6 Å². The van der Waals surface area contributed by atoms with Gasteiger partial charge in [-0.15, -0.1) is 0 Å². The van der Waals surface area contributed by atoms with Gasteiger partial charge in [0.1, 0.15) is 12.1 Å². The highest BCUT2D eigenvalue weighted by molar-refractivity contribution is 7.92. The maximum Gasteiger partial charge on any atom is 0.425 e. The van der Waals surface area contributed by atoms with Crippen LogP contribution in [0.3, 0.4) is 0 Å². The number of anilines is 1. The van der Waals surface area contributed by atoms with Gasteiger partial charge in [0, 0.05) is 0 Å². The molecule has 0 aliphatic heterocycles. The molecule has 3 rings (SSSR count). The van der Waals surface area contributed by atoms with Gasteiger partial charge in [-0.3, -0.25) is 4.72 Å². The van der Waals surface area contributed by atoms with Crippen LogP contribution in [-0.4, -0.2) is 13.0 Å². The predicted molar refractivity (Wildman–Crippen MR) is 81.5 cm³/mol. The van der Waals surface area contributed by atoms with Crippen molar-refractivity contribution in [2.45, 2.75) is 4.90 Å². The first-order chi connectivity index (χ1) is 11.0. The van der Waals surface area contributed by atoms with Gasteiger partial charge in [0.25, 0.3) is 10.0 Å². The van der Waals surface area contributed by atoms with E-state index in [1.165, 1.54) is 24.3 Å². The molecule has 118 valence electrons. The summed E-state index contributed by atoms with van der Waals surface area (Å²) < 4.78 is 45.7. The lowest BCUT2D eigenvalue weighted by molar-refractivity contribution is 0.504. The molecule has 8 heteroatoms. The fourth-order valence-corrected chi connectivity index (χ4v) is 3.06. The molecule has 0 saturated carbocycles. The highest BCUT2D eigenvalue weighted by atomic mass is 32.2. The molecule has 1 heterocycles. The maximum absolute atomic E-state index is 13.0. The van der Waals surface area contributed by atoms with E-state index in [1.807, 2.05) is 0 Å². The summed E-state index contributed by atoms with van der Waals surface area (Å²) in [6, 6.07) is 12.7. The van der Waals surface area contributed by atoms with Crippen LogP contribution in [0.25, 0.3) is 5.69 Å². The first-order valence-corrected chi connectivity index (χ1v) is 8.00. The van der Waals surface area contributed by atoms with Crippen LogP contribution in [0, 0.1) is 5.82 Å². The Kier molecular flexibility index (Phi) is 3.75. The van der Waals surface area contributed by atoms with E-state index in [-0.39, 0.29) is 16.4 Å². The summed E-state index contributed by atoms with van der Waals surface area (Å²) in [5, 5.41) is 0. The topological polar surface area (TPSA) is 81.3 Å². The van der Waals surface area contributed by atoms with Crippen molar-refractivity contribution in [3.8, 4) is 5.69 Å². The molecule has 0 amide bonds. The minimum absolute atomic E-state index is 0.0410. The number of aromatic nitrogens is 1. The lowest BCUT2D eigenvalue weighted by Gasteiger charge is -2.09. The second-order valence-corrected chi connectivity index (χ2v) is 6.30. The van der Waals surface area contributed by atoms with Gasteiger partial charge in [0.05, 0.1) is 10.6 Å². The Morgan fingerprint density at radius 3 is 2.30 bits per heavy atom. The average molecular weight is 334 g/mol. The van der Waals surface area contributed by atoms with Crippen LogP contribution >= 0.6 is 0 Å². The molecule has 23 heavy (non-hydrogen) atoms. The van der Waals surface area contributed by atoms with Crippen LogP contribution in [0.5, 0.6) is 0 Å². The number of benzene rings is 2. The molecular formula is C15H11FN2O4S. The minimum Gasteiger partial charge on any atom is -0.414 e. The Labute approximate surface area is 130 Å². The molecule has 0 atom stereocenters. The Morgan fingerprint density at radius 1 is 1.00 bits per heavy atom. The monoisotopic (exact) mass is 334 g/mol. The van der Waals surface area contributed by atoms with Crippen LogP contribution in [0.4, 0.5) is 10.2 Å². The number of hydrogen-bond donors (Lipinski definition) is 1. The smallest absolute Gasteiger partial charge is 0.414 e. The Balaban J connectivity index is 2.03. The highest BCUT2D eigenvalue weighted by Gasteiger charge is 2.19. The van der Waals surface area contributed by atoms with Crippen molar-refractivity contribution >= 4 is 15.8 Å². The fraction of sp³-hybridized carbons (Fsp3) is 0. The fourth-order valence-electron chi connectivity index (χ4n) is 2.01. The zero-order valence-corrected chi connectivity index (χ0v) is 12.5. The van der Waals surface area contributed by atoms with Crippen molar-refractivity contribution < 1.29 is 17.2 Å². The summed E-state index contributed by atoms with van der Waals surface area (Å²) >= 11 is 0. The van der Waals surface area contributed by atoms with Gasteiger partial charge in [-0.25, -0.2) is 22.2 Å². The number of oxazole rings is 1.